The van der Waals surface area contributed by atoms with E-state index in [1.807, 2.05) is 12.3 Å². The van der Waals surface area contributed by atoms with Crippen LogP contribution >= 0.6 is 11.3 Å². The molecule has 1 atom stereocenters. The zero-order valence-electron chi connectivity index (χ0n) is 11.7. The van der Waals surface area contributed by atoms with E-state index in [1.165, 1.54) is 24.2 Å². The predicted octanol–water partition coefficient (Wildman–Crippen LogP) is 2.79. The summed E-state index contributed by atoms with van der Waals surface area (Å²) in [6.07, 6.45) is 2.36. The Bertz CT molecular complexity index is 378. The van der Waals surface area contributed by atoms with Gasteiger partial charge in [-0.1, -0.05) is 13.3 Å². The van der Waals surface area contributed by atoms with Crippen LogP contribution in [0.5, 0.6) is 0 Å². The lowest BCUT2D eigenvalue weighted by Gasteiger charge is -2.14. The standard InChI is InChI=1S/C13H23N3OS/c1-5-7-10(3)14-8-12-9-18-13(15-12)16(6-2)11(4)17/h9-10,14H,5-8H2,1-4H3. The van der Waals surface area contributed by atoms with Gasteiger partial charge in [0, 0.05) is 31.4 Å². The van der Waals surface area contributed by atoms with Gasteiger partial charge in [0.1, 0.15) is 0 Å². The molecule has 0 radical (unpaired) electrons. The van der Waals surface area contributed by atoms with Gasteiger partial charge >= 0.3 is 0 Å². The van der Waals surface area contributed by atoms with Gasteiger partial charge in [-0.2, -0.15) is 0 Å². The molecule has 0 saturated heterocycles. The number of thiazole rings is 1. The lowest BCUT2D eigenvalue weighted by Crippen LogP contribution is -2.28. The van der Waals surface area contributed by atoms with E-state index < -0.39 is 0 Å². The number of nitrogens with zero attached hydrogens (tertiary/aromatic N) is 2. The third-order valence-electron chi connectivity index (χ3n) is 2.82. The maximum Gasteiger partial charge on any atom is 0.225 e. The Balaban J connectivity index is 2.55. The predicted molar refractivity (Wildman–Crippen MR) is 77.0 cm³/mol. The molecule has 0 bridgehead atoms. The number of hydrogen-bond donors (Lipinski definition) is 1. The molecule has 0 spiro atoms. The largest absolute Gasteiger partial charge is 0.309 e. The second-order valence-electron chi connectivity index (χ2n) is 4.46. The van der Waals surface area contributed by atoms with Gasteiger partial charge in [-0.15, -0.1) is 11.3 Å². The first-order valence-electron chi connectivity index (χ1n) is 6.54. The molecule has 1 heterocycles. The van der Waals surface area contributed by atoms with Crippen molar-refractivity contribution in [2.24, 2.45) is 0 Å². The number of nitrogens with one attached hydrogen (secondary N) is 1. The molecule has 1 aromatic heterocycles. The van der Waals surface area contributed by atoms with Gasteiger partial charge in [0.2, 0.25) is 5.91 Å². The van der Waals surface area contributed by atoms with E-state index in [1.54, 1.807) is 11.8 Å². The summed E-state index contributed by atoms with van der Waals surface area (Å²) in [5.74, 6) is 0.0470. The number of rotatable bonds is 7. The van der Waals surface area contributed by atoms with Gasteiger partial charge < -0.3 is 5.32 Å². The molecule has 0 aliphatic carbocycles. The first kappa shape index (κ1) is 15.1. The average molecular weight is 269 g/mol. The third kappa shape index (κ3) is 4.38. The molecule has 18 heavy (non-hydrogen) atoms. The Morgan fingerprint density at radius 1 is 1.56 bits per heavy atom. The summed E-state index contributed by atoms with van der Waals surface area (Å²) >= 11 is 1.53. The zero-order valence-corrected chi connectivity index (χ0v) is 12.5. The lowest BCUT2D eigenvalue weighted by molar-refractivity contribution is -0.116. The van der Waals surface area contributed by atoms with E-state index in [0.29, 0.717) is 12.6 Å². The first-order valence-corrected chi connectivity index (χ1v) is 7.42. The van der Waals surface area contributed by atoms with Crippen LogP contribution in [0.2, 0.25) is 0 Å². The normalized spacial score (nSPS) is 12.4. The second-order valence-corrected chi connectivity index (χ2v) is 5.29. The summed E-state index contributed by atoms with van der Waals surface area (Å²) in [6.45, 7) is 9.35. The van der Waals surface area contributed by atoms with Crippen LogP contribution in [0.3, 0.4) is 0 Å². The molecule has 0 aliphatic heterocycles. The molecule has 1 N–H and O–H groups in total. The van der Waals surface area contributed by atoms with Gasteiger partial charge in [-0.25, -0.2) is 4.98 Å². The van der Waals surface area contributed by atoms with Crippen molar-refractivity contribution in [3.8, 4) is 0 Å². The molecule has 1 amide bonds. The van der Waals surface area contributed by atoms with E-state index in [0.717, 1.165) is 17.4 Å². The molecule has 1 unspecified atom stereocenters. The van der Waals surface area contributed by atoms with Crippen LogP contribution in [0.15, 0.2) is 5.38 Å². The van der Waals surface area contributed by atoms with Gasteiger partial charge in [-0.3, -0.25) is 9.69 Å². The quantitative estimate of drug-likeness (QED) is 0.828. The smallest absolute Gasteiger partial charge is 0.225 e. The molecule has 0 aromatic carbocycles. The van der Waals surface area contributed by atoms with E-state index in [9.17, 15) is 4.79 Å². The van der Waals surface area contributed by atoms with Crippen LogP contribution in [0.25, 0.3) is 0 Å². The molecule has 1 rings (SSSR count). The van der Waals surface area contributed by atoms with Crippen molar-refractivity contribution in [2.45, 2.75) is 53.1 Å². The van der Waals surface area contributed by atoms with Crippen LogP contribution in [0.4, 0.5) is 5.13 Å². The summed E-state index contributed by atoms with van der Waals surface area (Å²) < 4.78 is 0. The molecule has 0 fully saturated rings. The minimum atomic E-state index is 0.0470. The van der Waals surface area contributed by atoms with E-state index >= 15 is 0 Å². The number of carbonyl (C=O) groups is 1. The Labute approximate surface area is 113 Å². The summed E-state index contributed by atoms with van der Waals surface area (Å²) in [6, 6.07) is 0.509. The molecular formula is C13H23N3OS. The van der Waals surface area contributed by atoms with Crippen molar-refractivity contribution < 1.29 is 4.79 Å². The van der Waals surface area contributed by atoms with Crippen molar-refractivity contribution in [2.75, 3.05) is 11.4 Å². The fraction of sp³-hybridized carbons (Fsp3) is 0.692. The Morgan fingerprint density at radius 2 is 2.28 bits per heavy atom. The Kier molecular flexibility index (Phi) is 6.29. The minimum Gasteiger partial charge on any atom is -0.309 e. The topological polar surface area (TPSA) is 45.2 Å². The molecule has 0 aliphatic rings. The van der Waals surface area contributed by atoms with Crippen LogP contribution in [-0.2, 0) is 11.3 Å². The van der Waals surface area contributed by atoms with Crippen LogP contribution in [0, 0.1) is 0 Å². The molecule has 5 heteroatoms. The number of amides is 1. The third-order valence-corrected chi connectivity index (χ3v) is 3.73. The van der Waals surface area contributed by atoms with E-state index in [2.05, 4.69) is 24.1 Å². The molecule has 0 saturated carbocycles. The summed E-state index contributed by atoms with van der Waals surface area (Å²) in [4.78, 5) is 17.6. The van der Waals surface area contributed by atoms with Gasteiger partial charge in [0.15, 0.2) is 5.13 Å². The Hall–Kier alpha value is -0.940. The summed E-state index contributed by atoms with van der Waals surface area (Å²) in [5.41, 5.74) is 1.01. The summed E-state index contributed by atoms with van der Waals surface area (Å²) in [7, 11) is 0. The van der Waals surface area contributed by atoms with Crippen LogP contribution in [-0.4, -0.2) is 23.5 Å². The maximum atomic E-state index is 11.4. The number of anilines is 1. The van der Waals surface area contributed by atoms with Crippen molar-refractivity contribution in [1.29, 1.82) is 0 Å². The van der Waals surface area contributed by atoms with Crippen molar-refractivity contribution in [1.82, 2.24) is 10.3 Å². The molecule has 102 valence electrons. The highest BCUT2D eigenvalue weighted by molar-refractivity contribution is 7.14. The molecule has 4 nitrogen and oxygen atoms in total. The zero-order chi connectivity index (χ0) is 13.5. The second kappa shape index (κ2) is 7.48. The van der Waals surface area contributed by atoms with Crippen molar-refractivity contribution in [3.63, 3.8) is 0 Å². The van der Waals surface area contributed by atoms with Crippen molar-refractivity contribution in [3.05, 3.63) is 11.1 Å². The maximum absolute atomic E-state index is 11.4. The van der Waals surface area contributed by atoms with E-state index in [-0.39, 0.29) is 5.91 Å². The van der Waals surface area contributed by atoms with Gasteiger partial charge in [0.25, 0.3) is 0 Å². The fourth-order valence-electron chi connectivity index (χ4n) is 1.81. The minimum absolute atomic E-state index is 0.0470. The highest BCUT2D eigenvalue weighted by Crippen LogP contribution is 2.20. The first-order chi connectivity index (χ1) is 8.58. The number of aromatic nitrogens is 1. The average Bonchev–Trinajstić information content (AvgIpc) is 2.76. The number of hydrogen-bond acceptors (Lipinski definition) is 4. The highest BCUT2D eigenvalue weighted by atomic mass is 32.1. The van der Waals surface area contributed by atoms with Crippen LogP contribution < -0.4 is 10.2 Å². The molecular weight excluding hydrogens is 246 g/mol. The van der Waals surface area contributed by atoms with Crippen LogP contribution in [0.1, 0.15) is 46.2 Å². The van der Waals surface area contributed by atoms with E-state index in [4.69, 9.17) is 0 Å². The SMILES string of the molecule is CCCC(C)NCc1csc(N(CC)C(C)=O)n1. The van der Waals surface area contributed by atoms with Crippen molar-refractivity contribution >= 4 is 22.4 Å². The Morgan fingerprint density at radius 3 is 2.83 bits per heavy atom. The monoisotopic (exact) mass is 269 g/mol. The summed E-state index contributed by atoms with van der Waals surface area (Å²) in [5, 5.41) is 6.26. The van der Waals surface area contributed by atoms with Gasteiger partial charge in [0.05, 0.1) is 5.69 Å². The fourth-order valence-corrected chi connectivity index (χ4v) is 2.74. The molecule has 1 aromatic rings. The lowest BCUT2D eigenvalue weighted by atomic mass is 10.2. The number of carbonyl (C=O) groups excluding carboxylic acids is 1. The van der Waals surface area contributed by atoms with Gasteiger partial charge in [-0.05, 0) is 20.3 Å². The highest BCUT2D eigenvalue weighted by Gasteiger charge is 2.13.